The molecule has 0 fully saturated rings. The maximum Gasteiger partial charge on any atom is 0.153 e. The Morgan fingerprint density at radius 2 is 2.36 bits per heavy atom. The maximum absolute atomic E-state index is 5.55. The standard InChI is InChI=1S/C9H9IO/c1-6-2-3-8-7(4-6)5-9(10)11-8/h2-4,9H,5H2,1H3/t9-/m0/s1. The molecule has 1 aromatic carbocycles. The molecule has 0 saturated heterocycles. The predicted molar refractivity (Wildman–Crippen MR) is 53.3 cm³/mol. The van der Waals surface area contributed by atoms with E-state index < -0.39 is 0 Å². The molecule has 1 aliphatic rings. The largest absolute Gasteiger partial charge is 0.480 e. The number of fused-ring (bicyclic) bond motifs is 1. The first-order valence-electron chi connectivity index (χ1n) is 3.66. The topological polar surface area (TPSA) is 9.23 Å². The molecular weight excluding hydrogens is 251 g/mol. The molecular formula is C9H9IO. The summed E-state index contributed by atoms with van der Waals surface area (Å²) in [4.78, 5) is 0. The number of alkyl halides is 1. The fourth-order valence-electron chi connectivity index (χ4n) is 1.34. The number of aryl methyl sites for hydroxylation is 1. The van der Waals surface area contributed by atoms with Crippen molar-refractivity contribution in [3.63, 3.8) is 0 Å². The van der Waals surface area contributed by atoms with Crippen molar-refractivity contribution in [3.05, 3.63) is 29.3 Å². The average molecular weight is 260 g/mol. The molecule has 0 amide bonds. The lowest BCUT2D eigenvalue weighted by Crippen LogP contribution is -2.00. The Labute approximate surface area is 79.9 Å². The van der Waals surface area contributed by atoms with Crippen LogP contribution in [-0.2, 0) is 6.42 Å². The highest BCUT2D eigenvalue weighted by atomic mass is 127. The van der Waals surface area contributed by atoms with Crippen molar-refractivity contribution in [1.82, 2.24) is 0 Å². The fourth-order valence-corrected chi connectivity index (χ4v) is 2.08. The van der Waals surface area contributed by atoms with Crippen molar-refractivity contribution in [2.75, 3.05) is 0 Å². The van der Waals surface area contributed by atoms with Crippen LogP contribution in [0.1, 0.15) is 11.1 Å². The number of hydrogen-bond donors (Lipinski definition) is 0. The summed E-state index contributed by atoms with van der Waals surface area (Å²) in [5.74, 6) is 1.06. The second kappa shape index (κ2) is 2.66. The van der Waals surface area contributed by atoms with Gasteiger partial charge in [0, 0.05) is 6.42 Å². The predicted octanol–water partition coefficient (Wildman–Crippen LogP) is 2.69. The lowest BCUT2D eigenvalue weighted by Gasteiger charge is -1.99. The van der Waals surface area contributed by atoms with Crippen LogP contribution in [0.4, 0.5) is 0 Å². The van der Waals surface area contributed by atoms with Crippen LogP contribution in [0, 0.1) is 6.92 Å². The second-order valence-electron chi connectivity index (χ2n) is 2.84. The van der Waals surface area contributed by atoms with E-state index >= 15 is 0 Å². The van der Waals surface area contributed by atoms with E-state index in [1.807, 2.05) is 0 Å². The SMILES string of the molecule is Cc1ccc2c(c1)C[C@@H](I)O2. The Kier molecular flexibility index (Phi) is 1.79. The van der Waals surface area contributed by atoms with Gasteiger partial charge in [-0.25, -0.2) is 0 Å². The van der Waals surface area contributed by atoms with E-state index in [-0.39, 0.29) is 0 Å². The molecule has 0 saturated carbocycles. The molecule has 2 rings (SSSR count). The molecule has 1 aromatic rings. The second-order valence-corrected chi connectivity index (χ2v) is 4.23. The number of hydrogen-bond acceptors (Lipinski definition) is 1. The Bertz CT molecular complexity index is 283. The zero-order valence-corrected chi connectivity index (χ0v) is 8.46. The number of ether oxygens (including phenoxy) is 1. The number of benzene rings is 1. The summed E-state index contributed by atoms with van der Waals surface area (Å²) in [5, 5.41) is 0. The first-order valence-corrected chi connectivity index (χ1v) is 4.90. The van der Waals surface area contributed by atoms with Crippen LogP contribution in [0.15, 0.2) is 18.2 Å². The van der Waals surface area contributed by atoms with Gasteiger partial charge in [-0.1, -0.05) is 17.7 Å². The van der Waals surface area contributed by atoms with Gasteiger partial charge in [-0.15, -0.1) is 0 Å². The number of rotatable bonds is 0. The van der Waals surface area contributed by atoms with Gasteiger partial charge >= 0.3 is 0 Å². The lowest BCUT2D eigenvalue weighted by atomic mass is 10.1. The third kappa shape index (κ3) is 1.36. The van der Waals surface area contributed by atoms with Gasteiger partial charge < -0.3 is 4.74 Å². The van der Waals surface area contributed by atoms with Gasteiger partial charge in [-0.05, 0) is 41.1 Å². The van der Waals surface area contributed by atoms with E-state index in [9.17, 15) is 0 Å². The van der Waals surface area contributed by atoms with Crippen molar-refractivity contribution < 1.29 is 4.74 Å². The van der Waals surface area contributed by atoms with Gasteiger partial charge in [0.2, 0.25) is 0 Å². The summed E-state index contributed by atoms with van der Waals surface area (Å²) in [6.45, 7) is 2.11. The lowest BCUT2D eigenvalue weighted by molar-refractivity contribution is 0.338. The molecule has 58 valence electrons. The Morgan fingerprint density at radius 1 is 1.55 bits per heavy atom. The molecule has 1 heterocycles. The Balaban J connectivity index is 2.43. The minimum absolute atomic E-state index is 0.337. The van der Waals surface area contributed by atoms with Crippen molar-refractivity contribution >= 4 is 22.6 Å². The van der Waals surface area contributed by atoms with E-state index in [4.69, 9.17) is 4.74 Å². The third-order valence-electron chi connectivity index (χ3n) is 1.85. The molecule has 0 radical (unpaired) electrons. The molecule has 0 N–H and O–H groups in total. The van der Waals surface area contributed by atoms with Gasteiger partial charge in [-0.3, -0.25) is 0 Å². The first kappa shape index (κ1) is 7.40. The molecule has 1 atom stereocenters. The maximum atomic E-state index is 5.55. The molecule has 1 nitrogen and oxygen atoms in total. The summed E-state index contributed by atoms with van der Waals surface area (Å²) in [6.07, 6.45) is 1.05. The first-order chi connectivity index (χ1) is 5.25. The molecule has 0 spiro atoms. The van der Waals surface area contributed by atoms with Gasteiger partial charge in [0.15, 0.2) is 4.11 Å². The van der Waals surface area contributed by atoms with Gasteiger partial charge in [0.05, 0.1) is 0 Å². The molecule has 0 aliphatic carbocycles. The summed E-state index contributed by atoms with van der Waals surface area (Å²) in [5.41, 5.74) is 2.67. The minimum atomic E-state index is 0.337. The van der Waals surface area contributed by atoms with E-state index in [2.05, 4.69) is 47.7 Å². The van der Waals surface area contributed by atoms with Crippen LogP contribution in [-0.4, -0.2) is 4.11 Å². The Morgan fingerprint density at radius 3 is 3.18 bits per heavy atom. The van der Waals surface area contributed by atoms with E-state index in [1.165, 1.54) is 11.1 Å². The van der Waals surface area contributed by atoms with Crippen molar-refractivity contribution in [3.8, 4) is 5.75 Å². The molecule has 2 heteroatoms. The zero-order valence-electron chi connectivity index (χ0n) is 6.30. The fraction of sp³-hybridized carbons (Fsp3) is 0.333. The molecule has 0 bridgehead atoms. The van der Waals surface area contributed by atoms with Crippen molar-refractivity contribution in [1.29, 1.82) is 0 Å². The normalized spacial score (nSPS) is 21.1. The highest BCUT2D eigenvalue weighted by Gasteiger charge is 2.19. The quantitative estimate of drug-likeness (QED) is 0.514. The smallest absolute Gasteiger partial charge is 0.153 e. The number of halogens is 1. The average Bonchev–Trinajstić information content (AvgIpc) is 2.27. The highest BCUT2D eigenvalue weighted by molar-refractivity contribution is 14.1. The summed E-state index contributed by atoms with van der Waals surface area (Å²) < 4.78 is 5.89. The van der Waals surface area contributed by atoms with Gasteiger partial charge in [-0.2, -0.15) is 0 Å². The van der Waals surface area contributed by atoms with Crippen LogP contribution in [0.2, 0.25) is 0 Å². The van der Waals surface area contributed by atoms with Crippen LogP contribution in [0.5, 0.6) is 5.75 Å². The molecule has 0 aromatic heterocycles. The van der Waals surface area contributed by atoms with E-state index in [0.717, 1.165) is 12.2 Å². The monoisotopic (exact) mass is 260 g/mol. The summed E-state index contributed by atoms with van der Waals surface area (Å²) in [7, 11) is 0. The highest BCUT2D eigenvalue weighted by Crippen LogP contribution is 2.31. The van der Waals surface area contributed by atoms with E-state index in [0.29, 0.717) is 4.11 Å². The van der Waals surface area contributed by atoms with E-state index in [1.54, 1.807) is 0 Å². The summed E-state index contributed by atoms with van der Waals surface area (Å²) in [6, 6.07) is 6.35. The van der Waals surface area contributed by atoms with Crippen LogP contribution in [0.25, 0.3) is 0 Å². The summed E-state index contributed by atoms with van der Waals surface area (Å²) >= 11 is 2.32. The van der Waals surface area contributed by atoms with Crippen molar-refractivity contribution in [2.45, 2.75) is 17.5 Å². The van der Waals surface area contributed by atoms with Crippen molar-refractivity contribution in [2.24, 2.45) is 0 Å². The molecule has 1 aliphatic heterocycles. The van der Waals surface area contributed by atoms with Gasteiger partial charge in [0.1, 0.15) is 5.75 Å². The third-order valence-corrected chi connectivity index (χ3v) is 2.55. The molecule has 0 unspecified atom stereocenters. The Hall–Kier alpha value is -0.250. The van der Waals surface area contributed by atoms with Gasteiger partial charge in [0.25, 0.3) is 0 Å². The zero-order chi connectivity index (χ0) is 7.84. The molecule has 11 heavy (non-hydrogen) atoms. The van der Waals surface area contributed by atoms with Crippen LogP contribution >= 0.6 is 22.6 Å². The van der Waals surface area contributed by atoms with Crippen LogP contribution in [0.3, 0.4) is 0 Å². The minimum Gasteiger partial charge on any atom is -0.480 e. The van der Waals surface area contributed by atoms with Crippen LogP contribution < -0.4 is 4.74 Å².